The summed E-state index contributed by atoms with van der Waals surface area (Å²) in [5, 5.41) is 0. The van der Waals surface area contributed by atoms with Crippen molar-refractivity contribution in [3.63, 3.8) is 0 Å². The van der Waals surface area contributed by atoms with Crippen LogP contribution in [0.4, 0.5) is 0 Å². The van der Waals surface area contributed by atoms with E-state index in [0.717, 1.165) is 63.2 Å². The van der Waals surface area contributed by atoms with Gasteiger partial charge < -0.3 is 0 Å². The lowest BCUT2D eigenvalue weighted by atomic mass is 9.88. The minimum Gasteiger partial charge on any atom is -0.0683 e. The van der Waals surface area contributed by atoms with Crippen molar-refractivity contribution in [1.29, 1.82) is 0 Å². The zero-order valence-electron chi connectivity index (χ0n) is 62.7. The van der Waals surface area contributed by atoms with Gasteiger partial charge in [0, 0.05) is 15.1 Å². The molecule has 4 aliphatic rings. The highest BCUT2D eigenvalue weighted by molar-refractivity contribution is 4.65. The van der Waals surface area contributed by atoms with Gasteiger partial charge in [0.1, 0.15) is 0 Å². The zero-order chi connectivity index (χ0) is 62.7. The summed E-state index contributed by atoms with van der Waals surface area (Å²) in [6, 6.07) is 0. The average molecular weight is 941 g/mol. The SMILES string of the molecule is CC.CC(C)C.CCC.CCC(C)C.CCCC.CCCCC.[2H]C(C)(C)C.[2H]C([2H])(C)C(C)(C)C.[2H]C([2H])(C)C1CCCC1.[2H]C([2H])(C)C1CCCCC1.[2H]C([2H])(C)CC.[2H]C1(C)CCCC1.[2H]C1(C)CCCCC1. The van der Waals surface area contributed by atoms with Gasteiger partial charge in [0.25, 0.3) is 0 Å². The van der Waals surface area contributed by atoms with Gasteiger partial charge in [-0.3, -0.25) is 0 Å². The molecule has 0 radical (unpaired) electrons. The van der Waals surface area contributed by atoms with Crippen LogP contribution in [-0.4, -0.2) is 0 Å². The molecule has 0 unspecified atom stereocenters. The van der Waals surface area contributed by atoms with E-state index in [0.29, 0.717) is 18.3 Å². The average Bonchev–Trinajstić information content (AvgIpc) is 3.98. The van der Waals surface area contributed by atoms with Gasteiger partial charge in [-0.15, -0.1) is 0 Å². The largest absolute Gasteiger partial charge is 0.0683 e. The van der Waals surface area contributed by atoms with E-state index in [-0.39, 0.29) is 23.1 Å². The van der Waals surface area contributed by atoms with Crippen LogP contribution in [0.15, 0.2) is 0 Å². The van der Waals surface area contributed by atoms with Gasteiger partial charge in [0.15, 0.2) is 0 Å². The van der Waals surface area contributed by atoms with Gasteiger partial charge in [-0.1, -0.05) is 379 Å². The molecule has 408 valence electrons. The molecule has 0 atom stereocenters. The first-order chi connectivity index (χ1) is 34.2. The molecule has 4 rings (SSSR count). The first-order valence-electron chi connectivity index (χ1n) is 34.2. The van der Waals surface area contributed by atoms with Gasteiger partial charge >= 0.3 is 0 Å². The molecular formula is C65H148. The van der Waals surface area contributed by atoms with Gasteiger partial charge in [0.05, 0.1) is 0 Å². The van der Waals surface area contributed by atoms with E-state index in [1.807, 2.05) is 76.2 Å². The fraction of sp³-hybridized carbons (Fsp3) is 1.00. The van der Waals surface area contributed by atoms with E-state index < -0.39 is 25.5 Å². The lowest BCUT2D eigenvalue weighted by Crippen LogP contribution is -2.03. The summed E-state index contributed by atoms with van der Waals surface area (Å²) < 4.78 is 80.0. The number of hydrogen-bond acceptors (Lipinski definition) is 0. The summed E-state index contributed by atoms with van der Waals surface area (Å²) in [7, 11) is 0. The molecule has 0 aromatic heterocycles. The summed E-state index contributed by atoms with van der Waals surface area (Å²) in [4.78, 5) is 0. The Bertz CT molecular complexity index is 1030. The van der Waals surface area contributed by atoms with Crippen molar-refractivity contribution in [1.82, 2.24) is 0 Å². The standard InChI is InChI=1S/C8H16.2C7H14.C6H12.C6H14.2C5H12.4C4H10.C3H8.C2H6/c1-2-8-6-4-3-5-7-8;1-7-5-3-2-4-6-7;1-2-7-5-3-4-6-7;1-6-4-2-3-5-6;1-5-6(2,3)4;1-4-5(2)3;1-3-5-4-2;2*1-4(2)3;2*1-3-4-2;1-3-2;1-2/h8H,2-7H2,1H3;2*7H,2-6H2,1H3;6H,2-5H2,1H3;5H2,1-4H3;5H,4H2,1-3H3;3-5H2,1-2H3;2*4H,1-3H3;2*3-4H2,1-2H3;3H2,1-2H3;1-2H3/i2D2;7D;2D2;6D;5D2;;;4D;;3D2;;;. The summed E-state index contributed by atoms with van der Waals surface area (Å²) in [5.41, 5.74) is -0.229. The second-order valence-corrected chi connectivity index (χ2v) is 20.9. The molecule has 4 fully saturated rings. The highest BCUT2D eigenvalue weighted by Gasteiger charge is 2.11. The normalized spacial score (nSPS) is 19.9. The molecule has 0 bridgehead atoms. The van der Waals surface area contributed by atoms with Crippen LogP contribution in [-0.2, 0) is 0 Å². The Labute approximate surface area is 440 Å². The Morgan fingerprint density at radius 1 is 0.462 bits per heavy atom. The molecule has 0 aliphatic heterocycles. The molecule has 0 heteroatoms. The maximum Gasteiger partial charge on any atom is 0.0300 e. The number of unbranched alkanes of at least 4 members (excludes halogenated alkanes) is 3. The van der Waals surface area contributed by atoms with E-state index >= 15 is 0 Å². The molecule has 0 N–H and O–H groups in total. The summed E-state index contributed by atoms with van der Waals surface area (Å²) >= 11 is 0. The molecule has 65 heavy (non-hydrogen) atoms. The van der Waals surface area contributed by atoms with Crippen molar-refractivity contribution in [3.8, 4) is 0 Å². The van der Waals surface area contributed by atoms with Crippen LogP contribution in [0.1, 0.15) is 394 Å². The van der Waals surface area contributed by atoms with Crippen molar-refractivity contribution >= 4 is 0 Å². The van der Waals surface area contributed by atoms with E-state index in [1.54, 1.807) is 27.7 Å². The minimum atomic E-state index is -1.06. The molecule has 0 spiro atoms. The number of hydrogen-bond donors (Lipinski definition) is 0. The lowest BCUT2D eigenvalue weighted by molar-refractivity contribution is 0.349. The van der Waals surface area contributed by atoms with Crippen LogP contribution in [0, 0.1) is 46.8 Å². The summed E-state index contributed by atoms with van der Waals surface area (Å²) in [6.45, 7) is 53.9. The molecule has 0 heterocycles. The van der Waals surface area contributed by atoms with Gasteiger partial charge in [0.2, 0.25) is 0 Å². The van der Waals surface area contributed by atoms with Crippen molar-refractivity contribution in [2.45, 2.75) is 379 Å². The maximum atomic E-state index is 7.63. The fourth-order valence-electron chi connectivity index (χ4n) is 5.09. The van der Waals surface area contributed by atoms with Crippen LogP contribution in [0.3, 0.4) is 0 Å². The van der Waals surface area contributed by atoms with E-state index in [1.165, 1.54) is 109 Å². The molecule has 4 aliphatic carbocycles. The topological polar surface area (TPSA) is 0 Å². The lowest BCUT2D eigenvalue weighted by Gasteiger charge is -2.18. The van der Waals surface area contributed by atoms with E-state index in [4.69, 9.17) is 15.1 Å². The first-order valence-corrected chi connectivity index (χ1v) is 28.7. The third-order valence-corrected chi connectivity index (χ3v) is 10.1. The number of rotatable bonds is 7. The van der Waals surface area contributed by atoms with Crippen LogP contribution < -0.4 is 0 Å². The Morgan fingerprint density at radius 3 is 0.754 bits per heavy atom. The van der Waals surface area contributed by atoms with Gasteiger partial charge in [-0.05, 0) is 46.8 Å². The van der Waals surface area contributed by atoms with Crippen LogP contribution in [0.5, 0.6) is 0 Å². The monoisotopic (exact) mass is 940 g/mol. The third kappa shape index (κ3) is 133. The predicted molar refractivity (Wildman–Crippen MR) is 319 cm³/mol. The summed E-state index contributed by atoms with van der Waals surface area (Å²) in [6.07, 6.45) is 27.6. The Balaban J connectivity index is -0.0000000931. The first kappa shape index (κ1) is 59.3. The fourth-order valence-corrected chi connectivity index (χ4v) is 5.09. The van der Waals surface area contributed by atoms with Crippen LogP contribution >= 0.6 is 0 Å². The zero-order valence-corrected chi connectivity index (χ0v) is 51.7. The Kier molecular flexibility index (Phi) is 71.3. The molecule has 0 amide bonds. The van der Waals surface area contributed by atoms with E-state index in [9.17, 15) is 0 Å². The van der Waals surface area contributed by atoms with Gasteiger partial charge in [-0.25, -0.2) is 0 Å². The quantitative estimate of drug-likeness (QED) is 0.239. The second-order valence-electron chi connectivity index (χ2n) is 20.9. The molecule has 0 aromatic carbocycles. The third-order valence-electron chi connectivity index (χ3n) is 10.1. The Hall–Kier alpha value is 0. The van der Waals surface area contributed by atoms with E-state index in [2.05, 4.69) is 83.1 Å². The van der Waals surface area contributed by atoms with Crippen LogP contribution in [0.2, 0.25) is 0 Å². The maximum absolute atomic E-state index is 7.63. The molecular weight excluding hydrogens is 781 g/mol. The van der Waals surface area contributed by atoms with Crippen molar-refractivity contribution in [3.05, 3.63) is 0 Å². The smallest absolute Gasteiger partial charge is 0.0300 e. The highest BCUT2D eigenvalue weighted by atomic mass is 14.2. The van der Waals surface area contributed by atoms with Crippen LogP contribution in [0.25, 0.3) is 0 Å². The molecule has 0 aromatic rings. The highest BCUT2D eigenvalue weighted by Crippen LogP contribution is 2.27. The molecule has 4 saturated carbocycles. The molecule has 0 nitrogen and oxygen atoms in total. The van der Waals surface area contributed by atoms with Crippen molar-refractivity contribution in [2.75, 3.05) is 0 Å². The Morgan fingerprint density at radius 2 is 0.662 bits per heavy atom. The minimum absolute atomic E-state index is 0.0556. The predicted octanol–water partition coefficient (Wildman–Crippen LogP) is 26.4. The van der Waals surface area contributed by atoms with Gasteiger partial charge in [-0.2, -0.15) is 0 Å². The van der Waals surface area contributed by atoms with Crippen molar-refractivity contribution < 1.29 is 15.1 Å². The summed E-state index contributed by atoms with van der Waals surface area (Å²) in [5.74, 6) is 2.02. The molecule has 0 saturated heterocycles. The van der Waals surface area contributed by atoms with Crippen molar-refractivity contribution in [2.24, 2.45) is 46.8 Å². The second kappa shape index (κ2) is 78.2.